The smallest absolute Gasteiger partial charge is 0.325 e. The molecule has 0 bridgehead atoms. The van der Waals surface area contributed by atoms with Gasteiger partial charge in [0.05, 0.1) is 5.02 Å². The standard InChI is InChI=1S/C21H15ClN2O4S/c22-18-15-8-4-5-9-16(15)29-19(18)20(26)23-10-17(25)27-11-14-12-28-21(24-14)13-6-2-1-3-7-13/h1-9,12H,10-11H2,(H,23,26). The molecular formula is C21H15ClN2O4S. The summed E-state index contributed by atoms with van der Waals surface area (Å²) in [5, 5.41) is 3.73. The highest BCUT2D eigenvalue weighted by atomic mass is 35.5. The van der Waals surface area contributed by atoms with Gasteiger partial charge in [-0.05, 0) is 18.2 Å². The third kappa shape index (κ3) is 4.31. The molecule has 8 heteroatoms. The molecule has 0 saturated carbocycles. The average Bonchev–Trinajstić information content (AvgIpc) is 3.36. The fraction of sp³-hybridized carbons (Fsp3) is 0.0952. The molecule has 0 fully saturated rings. The van der Waals surface area contributed by atoms with E-state index in [9.17, 15) is 9.59 Å². The molecule has 0 aliphatic rings. The SMILES string of the molecule is O=C(CNC(=O)c1sc2ccccc2c1Cl)OCc1coc(-c2ccccc2)n1. The number of hydrogen-bond acceptors (Lipinski definition) is 6. The van der Waals surface area contributed by atoms with Crippen molar-refractivity contribution in [1.82, 2.24) is 10.3 Å². The maximum atomic E-state index is 12.4. The number of halogens is 1. The third-order valence-corrected chi connectivity index (χ3v) is 5.76. The largest absolute Gasteiger partial charge is 0.458 e. The highest BCUT2D eigenvalue weighted by Crippen LogP contribution is 2.34. The van der Waals surface area contributed by atoms with Crippen LogP contribution >= 0.6 is 22.9 Å². The van der Waals surface area contributed by atoms with Gasteiger partial charge in [-0.3, -0.25) is 9.59 Å². The number of thiophene rings is 1. The van der Waals surface area contributed by atoms with Crippen molar-refractivity contribution >= 4 is 44.9 Å². The normalized spacial score (nSPS) is 10.8. The Balaban J connectivity index is 1.30. The van der Waals surface area contributed by atoms with Crippen molar-refractivity contribution in [2.24, 2.45) is 0 Å². The maximum Gasteiger partial charge on any atom is 0.325 e. The molecule has 0 aliphatic heterocycles. The lowest BCUT2D eigenvalue weighted by molar-refractivity contribution is -0.143. The lowest BCUT2D eigenvalue weighted by Crippen LogP contribution is -2.30. The zero-order valence-electron chi connectivity index (χ0n) is 15.1. The molecule has 146 valence electrons. The second-order valence-corrected chi connectivity index (χ2v) is 7.52. The molecule has 29 heavy (non-hydrogen) atoms. The van der Waals surface area contributed by atoms with Gasteiger partial charge in [-0.25, -0.2) is 4.98 Å². The summed E-state index contributed by atoms with van der Waals surface area (Å²) < 4.78 is 11.5. The van der Waals surface area contributed by atoms with Crippen LogP contribution in [0.1, 0.15) is 15.4 Å². The minimum atomic E-state index is -0.583. The van der Waals surface area contributed by atoms with Gasteiger partial charge in [0.2, 0.25) is 5.89 Å². The lowest BCUT2D eigenvalue weighted by Gasteiger charge is -2.04. The van der Waals surface area contributed by atoms with Crippen molar-refractivity contribution in [1.29, 1.82) is 0 Å². The van der Waals surface area contributed by atoms with Crippen LogP contribution in [-0.4, -0.2) is 23.4 Å². The highest BCUT2D eigenvalue weighted by molar-refractivity contribution is 7.21. The van der Waals surface area contributed by atoms with E-state index in [1.54, 1.807) is 0 Å². The average molecular weight is 427 g/mol. The first kappa shape index (κ1) is 19.2. The topological polar surface area (TPSA) is 81.4 Å². The number of nitrogens with one attached hydrogen (secondary N) is 1. The Morgan fingerprint density at radius 3 is 2.66 bits per heavy atom. The number of fused-ring (bicyclic) bond motifs is 1. The minimum absolute atomic E-state index is 0.0469. The Labute approximate surface area is 175 Å². The number of carbonyl (C=O) groups is 2. The van der Waals surface area contributed by atoms with Crippen molar-refractivity contribution in [3.8, 4) is 11.5 Å². The highest BCUT2D eigenvalue weighted by Gasteiger charge is 2.18. The van der Waals surface area contributed by atoms with E-state index in [1.165, 1.54) is 17.6 Å². The lowest BCUT2D eigenvalue weighted by atomic mass is 10.2. The quantitative estimate of drug-likeness (QED) is 0.452. The van der Waals surface area contributed by atoms with Crippen molar-refractivity contribution in [2.45, 2.75) is 6.61 Å². The van der Waals surface area contributed by atoms with Crippen molar-refractivity contribution in [2.75, 3.05) is 6.54 Å². The van der Waals surface area contributed by atoms with Gasteiger partial charge in [0.25, 0.3) is 5.91 Å². The zero-order valence-corrected chi connectivity index (χ0v) is 16.6. The predicted molar refractivity (Wildman–Crippen MR) is 111 cm³/mol. The summed E-state index contributed by atoms with van der Waals surface area (Å²) in [6.45, 7) is -0.318. The van der Waals surface area contributed by atoms with Crippen LogP contribution in [0.5, 0.6) is 0 Å². The first-order valence-electron chi connectivity index (χ1n) is 8.72. The van der Waals surface area contributed by atoms with Crippen molar-refractivity contribution in [3.05, 3.63) is 76.5 Å². The number of oxazole rings is 1. The molecular weight excluding hydrogens is 412 g/mol. The molecule has 1 N–H and O–H groups in total. The Morgan fingerprint density at radius 2 is 1.86 bits per heavy atom. The molecule has 0 atom stereocenters. The second-order valence-electron chi connectivity index (χ2n) is 6.09. The number of ether oxygens (including phenoxy) is 1. The number of esters is 1. The summed E-state index contributed by atoms with van der Waals surface area (Å²) >= 11 is 7.55. The first-order chi connectivity index (χ1) is 14.1. The second kappa shape index (κ2) is 8.46. The summed E-state index contributed by atoms with van der Waals surface area (Å²) in [4.78, 5) is 29.0. The molecule has 0 spiro atoms. The van der Waals surface area contributed by atoms with E-state index in [0.29, 0.717) is 21.5 Å². The maximum absolute atomic E-state index is 12.4. The van der Waals surface area contributed by atoms with Crippen LogP contribution < -0.4 is 5.32 Å². The van der Waals surface area contributed by atoms with Crippen molar-refractivity contribution in [3.63, 3.8) is 0 Å². The Hall–Kier alpha value is -3.16. The number of benzene rings is 2. The number of rotatable bonds is 6. The molecule has 0 radical (unpaired) electrons. The van der Waals surface area contributed by atoms with Gasteiger partial charge in [0, 0.05) is 15.6 Å². The number of aromatic nitrogens is 1. The number of carbonyl (C=O) groups excluding carboxylic acids is 2. The van der Waals surface area contributed by atoms with Gasteiger partial charge in [-0.2, -0.15) is 0 Å². The summed E-state index contributed by atoms with van der Waals surface area (Å²) in [6.07, 6.45) is 1.44. The zero-order chi connectivity index (χ0) is 20.2. The van der Waals surface area contributed by atoms with Gasteiger partial charge in [-0.15, -0.1) is 11.3 Å². The molecule has 0 unspecified atom stereocenters. The van der Waals surface area contributed by atoms with Crippen LogP contribution in [0.25, 0.3) is 21.5 Å². The van der Waals surface area contributed by atoms with Crippen LogP contribution in [-0.2, 0) is 16.1 Å². The van der Waals surface area contributed by atoms with E-state index in [0.717, 1.165) is 15.6 Å². The molecule has 0 aliphatic carbocycles. The fourth-order valence-corrected chi connectivity index (χ4v) is 4.12. The molecule has 4 rings (SSSR count). The molecule has 1 amide bonds. The summed E-state index contributed by atoms with van der Waals surface area (Å²) in [5.41, 5.74) is 1.31. The molecule has 6 nitrogen and oxygen atoms in total. The van der Waals surface area contributed by atoms with Crippen LogP contribution in [0, 0.1) is 0 Å². The Morgan fingerprint density at radius 1 is 1.10 bits per heavy atom. The molecule has 2 aromatic carbocycles. The van der Waals surface area contributed by atoms with E-state index in [4.69, 9.17) is 20.8 Å². The summed E-state index contributed by atoms with van der Waals surface area (Å²) in [5.74, 6) is -0.551. The van der Waals surface area contributed by atoms with Crippen molar-refractivity contribution < 1.29 is 18.7 Å². The molecule has 2 heterocycles. The molecule has 0 saturated heterocycles. The molecule has 2 aromatic heterocycles. The van der Waals surface area contributed by atoms with Gasteiger partial charge >= 0.3 is 5.97 Å². The predicted octanol–water partition coefficient (Wildman–Crippen LogP) is 4.68. The third-order valence-electron chi connectivity index (χ3n) is 4.09. The Kier molecular flexibility index (Phi) is 5.59. The van der Waals surface area contributed by atoms with Crippen LogP contribution in [0.3, 0.4) is 0 Å². The van der Waals surface area contributed by atoms with E-state index >= 15 is 0 Å². The summed E-state index contributed by atoms with van der Waals surface area (Å²) in [7, 11) is 0. The fourth-order valence-electron chi connectivity index (χ4n) is 2.68. The van der Waals surface area contributed by atoms with Gasteiger partial charge in [-0.1, -0.05) is 48.0 Å². The van der Waals surface area contributed by atoms with Crippen LogP contribution in [0.2, 0.25) is 5.02 Å². The van der Waals surface area contributed by atoms with E-state index < -0.39 is 11.9 Å². The van der Waals surface area contributed by atoms with Gasteiger partial charge in [0.1, 0.15) is 30.0 Å². The summed E-state index contributed by atoms with van der Waals surface area (Å²) in [6, 6.07) is 16.9. The Bertz CT molecular complexity index is 1170. The number of amides is 1. The number of hydrogen-bond donors (Lipinski definition) is 1. The first-order valence-corrected chi connectivity index (χ1v) is 9.92. The van der Waals surface area contributed by atoms with E-state index in [1.807, 2.05) is 54.6 Å². The van der Waals surface area contributed by atoms with Gasteiger partial charge < -0.3 is 14.5 Å². The van der Waals surface area contributed by atoms with Gasteiger partial charge in [0.15, 0.2) is 0 Å². The van der Waals surface area contributed by atoms with E-state index in [2.05, 4.69) is 10.3 Å². The number of nitrogens with zero attached hydrogens (tertiary/aromatic N) is 1. The monoisotopic (exact) mass is 426 g/mol. The van der Waals surface area contributed by atoms with E-state index in [-0.39, 0.29) is 13.2 Å². The van der Waals surface area contributed by atoms with Crippen LogP contribution in [0.15, 0.2) is 65.3 Å². The minimum Gasteiger partial charge on any atom is -0.458 e. The molecule has 4 aromatic rings. The van der Waals surface area contributed by atoms with Crippen LogP contribution in [0.4, 0.5) is 0 Å².